The number of hydrogen-bond donors (Lipinski definition) is 2. The molecule has 0 unspecified atom stereocenters. The van der Waals surface area contributed by atoms with Crippen molar-refractivity contribution in [3.05, 3.63) is 88.7 Å². The monoisotopic (exact) mass is 393 g/mol. The van der Waals surface area contributed by atoms with Crippen LogP contribution >= 0.6 is 11.6 Å². The van der Waals surface area contributed by atoms with Gasteiger partial charge in [-0.25, -0.2) is 0 Å². The van der Waals surface area contributed by atoms with Gasteiger partial charge in [0.1, 0.15) is 5.69 Å². The third-order valence-corrected chi connectivity index (χ3v) is 4.45. The van der Waals surface area contributed by atoms with Crippen molar-refractivity contribution in [3.8, 4) is 0 Å². The Hall–Kier alpha value is -3.18. The standard InChI is InChI=1S/C22H20ClN3O2/c1-15(27)17-4-8-19(9-5-17)26-22(28)21-14-20(11-13-25-21)24-12-10-16-2-6-18(23)7-3-16/h2-9,11,13-14H,10,12H2,1H3,(H,24,25)(H,26,28). The molecule has 0 aliphatic rings. The highest BCUT2D eigenvalue weighted by Crippen LogP contribution is 2.14. The number of nitrogens with one attached hydrogen (secondary N) is 2. The molecule has 0 fully saturated rings. The van der Waals surface area contributed by atoms with Crippen LogP contribution in [0.2, 0.25) is 5.02 Å². The molecular weight excluding hydrogens is 374 g/mol. The number of pyridine rings is 1. The number of nitrogens with zero attached hydrogens (tertiary/aromatic N) is 1. The van der Waals surface area contributed by atoms with Crippen molar-refractivity contribution in [1.29, 1.82) is 0 Å². The highest BCUT2D eigenvalue weighted by Gasteiger charge is 2.09. The minimum absolute atomic E-state index is 0.0167. The molecule has 2 aromatic carbocycles. The van der Waals surface area contributed by atoms with Gasteiger partial charge in [-0.05, 0) is 67.4 Å². The summed E-state index contributed by atoms with van der Waals surface area (Å²) in [7, 11) is 0. The van der Waals surface area contributed by atoms with E-state index in [1.165, 1.54) is 12.5 Å². The number of anilines is 2. The molecule has 0 radical (unpaired) electrons. The van der Waals surface area contributed by atoms with Gasteiger partial charge in [-0.2, -0.15) is 0 Å². The smallest absolute Gasteiger partial charge is 0.274 e. The second kappa shape index (κ2) is 9.15. The van der Waals surface area contributed by atoms with Crippen LogP contribution in [0.3, 0.4) is 0 Å². The van der Waals surface area contributed by atoms with Gasteiger partial charge in [-0.1, -0.05) is 23.7 Å². The van der Waals surface area contributed by atoms with Crippen LogP contribution in [0.5, 0.6) is 0 Å². The van der Waals surface area contributed by atoms with Crippen molar-refractivity contribution in [1.82, 2.24) is 4.98 Å². The van der Waals surface area contributed by atoms with Crippen molar-refractivity contribution in [3.63, 3.8) is 0 Å². The maximum absolute atomic E-state index is 12.4. The number of carbonyl (C=O) groups excluding carboxylic acids is 2. The average Bonchev–Trinajstić information content (AvgIpc) is 2.70. The summed E-state index contributed by atoms with van der Waals surface area (Å²) < 4.78 is 0. The lowest BCUT2D eigenvalue weighted by Crippen LogP contribution is -2.14. The zero-order valence-electron chi connectivity index (χ0n) is 15.4. The summed E-state index contributed by atoms with van der Waals surface area (Å²) in [6.07, 6.45) is 2.43. The molecule has 0 bridgehead atoms. The molecule has 0 aliphatic heterocycles. The van der Waals surface area contributed by atoms with Gasteiger partial charge < -0.3 is 10.6 Å². The van der Waals surface area contributed by atoms with Crippen molar-refractivity contribution >= 4 is 34.7 Å². The molecule has 5 nitrogen and oxygen atoms in total. The SMILES string of the molecule is CC(=O)c1ccc(NC(=O)c2cc(NCCc3ccc(Cl)cc3)ccn2)cc1. The average molecular weight is 394 g/mol. The number of aromatic nitrogens is 1. The quantitative estimate of drug-likeness (QED) is 0.563. The number of benzene rings is 2. The number of carbonyl (C=O) groups is 2. The van der Waals surface area contributed by atoms with E-state index in [-0.39, 0.29) is 11.7 Å². The van der Waals surface area contributed by atoms with Gasteiger partial charge in [0.05, 0.1) is 0 Å². The van der Waals surface area contributed by atoms with E-state index in [0.717, 1.165) is 23.7 Å². The lowest BCUT2D eigenvalue weighted by molar-refractivity contribution is 0.101. The summed E-state index contributed by atoms with van der Waals surface area (Å²) in [6, 6.07) is 18.0. The Bertz CT molecular complexity index is 970. The van der Waals surface area contributed by atoms with Gasteiger partial charge in [-0.15, -0.1) is 0 Å². The highest BCUT2D eigenvalue weighted by molar-refractivity contribution is 6.30. The number of rotatable bonds is 7. The topological polar surface area (TPSA) is 71.1 Å². The number of hydrogen-bond acceptors (Lipinski definition) is 4. The Kier molecular flexibility index (Phi) is 6.40. The van der Waals surface area contributed by atoms with Gasteiger partial charge in [-0.3, -0.25) is 14.6 Å². The number of Topliss-reactive ketones (excluding diaryl/α,β-unsaturated/α-hetero) is 1. The highest BCUT2D eigenvalue weighted by atomic mass is 35.5. The minimum Gasteiger partial charge on any atom is -0.385 e. The van der Waals surface area contributed by atoms with E-state index in [0.29, 0.717) is 16.9 Å². The second-order valence-electron chi connectivity index (χ2n) is 6.32. The zero-order valence-corrected chi connectivity index (χ0v) is 16.2. The number of amides is 1. The molecule has 0 atom stereocenters. The first kappa shape index (κ1) is 19.6. The van der Waals surface area contributed by atoms with E-state index in [4.69, 9.17) is 11.6 Å². The fourth-order valence-corrected chi connectivity index (χ4v) is 2.78. The Balaban J connectivity index is 1.57. The molecule has 1 heterocycles. The zero-order chi connectivity index (χ0) is 19.9. The van der Waals surface area contributed by atoms with Gasteiger partial charge in [0, 0.05) is 34.7 Å². The van der Waals surface area contributed by atoms with Crippen molar-refractivity contribution in [2.45, 2.75) is 13.3 Å². The fourth-order valence-electron chi connectivity index (χ4n) is 2.65. The predicted molar refractivity (Wildman–Crippen MR) is 112 cm³/mol. The van der Waals surface area contributed by atoms with Crippen LogP contribution in [-0.2, 0) is 6.42 Å². The Morgan fingerprint density at radius 2 is 1.68 bits per heavy atom. The van der Waals surface area contributed by atoms with Crippen molar-refractivity contribution < 1.29 is 9.59 Å². The molecule has 0 saturated heterocycles. The summed E-state index contributed by atoms with van der Waals surface area (Å²) in [4.78, 5) is 27.9. The van der Waals surface area contributed by atoms with E-state index >= 15 is 0 Å². The van der Waals surface area contributed by atoms with Crippen LogP contribution < -0.4 is 10.6 Å². The lowest BCUT2D eigenvalue weighted by Gasteiger charge is -2.09. The molecule has 3 aromatic rings. The normalized spacial score (nSPS) is 10.4. The molecule has 6 heteroatoms. The summed E-state index contributed by atoms with van der Waals surface area (Å²) in [5.74, 6) is -0.325. The summed E-state index contributed by atoms with van der Waals surface area (Å²) in [5, 5.41) is 6.80. The van der Waals surface area contributed by atoms with Crippen LogP contribution in [0.15, 0.2) is 66.9 Å². The first-order valence-electron chi connectivity index (χ1n) is 8.88. The van der Waals surface area contributed by atoms with Crippen LogP contribution in [0.4, 0.5) is 11.4 Å². The van der Waals surface area contributed by atoms with Crippen LogP contribution in [-0.4, -0.2) is 23.2 Å². The maximum Gasteiger partial charge on any atom is 0.274 e. The summed E-state index contributed by atoms with van der Waals surface area (Å²) >= 11 is 5.89. The third-order valence-electron chi connectivity index (χ3n) is 4.20. The summed E-state index contributed by atoms with van der Waals surface area (Å²) in [6.45, 7) is 2.22. The van der Waals surface area contributed by atoms with Gasteiger partial charge in [0.15, 0.2) is 5.78 Å². The molecule has 28 heavy (non-hydrogen) atoms. The largest absolute Gasteiger partial charge is 0.385 e. The first-order valence-corrected chi connectivity index (χ1v) is 9.26. The predicted octanol–water partition coefficient (Wildman–Crippen LogP) is 4.84. The molecule has 1 amide bonds. The van der Waals surface area contributed by atoms with E-state index in [2.05, 4.69) is 15.6 Å². The van der Waals surface area contributed by atoms with E-state index in [9.17, 15) is 9.59 Å². The number of halogens is 1. The Morgan fingerprint density at radius 3 is 2.36 bits per heavy atom. The molecule has 2 N–H and O–H groups in total. The van der Waals surface area contributed by atoms with Gasteiger partial charge in [0.2, 0.25) is 0 Å². The molecule has 0 saturated carbocycles. The fraction of sp³-hybridized carbons (Fsp3) is 0.136. The molecular formula is C22H20ClN3O2. The molecule has 0 aliphatic carbocycles. The second-order valence-corrected chi connectivity index (χ2v) is 6.76. The van der Waals surface area contributed by atoms with Crippen LogP contribution in [0.1, 0.15) is 33.3 Å². The molecule has 0 spiro atoms. The number of ketones is 1. The van der Waals surface area contributed by atoms with E-state index in [1.807, 2.05) is 30.3 Å². The summed E-state index contributed by atoms with van der Waals surface area (Å²) in [5.41, 5.74) is 3.52. The molecule has 3 rings (SSSR count). The van der Waals surface area contributed by atoms with Gasteiger partial charge >= 0.3 is 0 Å². The lowest BCUT2D eigenvalue weighted by atomic mass is 10.1. The maximum atomic E-state index is 12.4. The van der Waals surface area contributed by atoms with Gasteiger partial charge in [0.25, 0.3) is 5.91 Å². The van der Waals surface area contributed by atoms with Crippen molar-refractivity contribution in [2.24, 2.45) is 0 Å². The Morgan fingerprint density at radius 1 is 0.964 bits per heavy atom. The van der Waals surface area contributed by atoms with Crippen molar-refractivity contribution in [2.75, 3.05) is 17.2 Å². The first-order chi connectivity index (χ1) is 13.5. The molecule has 142 valence electrons. The van der Waals surface area contributed by atoms with Crippen LogP contribution in [0, 0.1) is 0 Å². The van der Waals surface area contributed by atoms with E-state index in [1.54, 1.807) is 36.5 Å². The molecule has 1 aromatic heterocycles. The van der Waals surface area contributed by atoms with Crippen LogP contribution in [0.25, 0.3) is 0 Å². The Labute approximate surface area is 168 Å². The third kappa shape index (κ3) is 5.41. The van der Waals surface area contributed by atoms with E-state index < -0.39 is 0 Å². The minimum atomic E-state index is -0.308.